The van der Waals surface area contributed by atoms with Gasteiger partial charge in [-0.3, -0.25) is 14.4 Å². The quantitative estimate of drug-likeness (QED) is 0.189. The van der Waals surface area contributed by atoms with Gasteiger partial charge >= 0.3 is 11.9 Å². The molecule has 9 nitrogen and oxygen atoms in total. The summed E-state index contributed by atoms with van der Waals surface area (Å²) >= 11 is 0. The van der Waals surface area contributed by atoms with Crippen LogP contribution < -0.4 is 21.1 Å². The summed E-state index contributed by atoms with van der Waals surface area (Å²) in [6, 6.07) is 4.28. The van der Waals surface area contributed by atoms with E-state index in [1.165, 1.54) is 47.6 Å². The lowest BCUT2D eigenvalue weighted by Crippen LogP contribution is -2.43. The van der Waals surface area contributed by atoms with E-state index >= 15 is 0 Å². The third-order valence-corrected chi connectivity index (χ3v) is 5.39. The number of esters is 1. The van der Waals surface area contributed by atoms with Crippen molar-refractivity contribution >= 4 is 51.0 Å². The van der Waals surface area contributed by atoms with Crippen LogP contribution in [0.3, 0.4) is 0 Å². The summed E-state index contributed by atoms with van der Waals surface area (Å²) in [5, 5.41) is 13.8. The number of hydrogen-bond donors (Lipinski definition) is 4. The van der Waals surface area contributed by atoms with Gasteiger partial charge in [-0.25, -0.2) is 4.79 Å². The third-order valence-electron chi connectivity index (χ3n) is 2.94. The number of amides is 2. The number of hydrogen-bond acceptors (Lipinski definition) is 8. The van der Waals surface area contributed by atoms with Crippen LogP contribution in [-0.4, -0.2) is 52.4 Å². The van der Waals surface area contributed by atoms with Gasteiger partial charge in [0, 0.05) is 31.0 Å². The van der Waals surface area contributed by atoms with Crippen LogP contribution in [-0.2, 0) is 19.2 Å². The van der Waals surface area contributed by atoms with E-state index in [0.717, 1.165) is 0 Å². The van der Waals surface area contributed by atoms with E-state index < -0.39 is 29.9 Å². The molecule has 11 heteroatoms. The van der Waals surface area contributed by atoms with Crippen LogP contribution in [0.5, 0.6) is 5.75 Å². The number of carboxylic acid groups (broad SMARTS) is 1. The lowest BCUT2D eigenvalue weighted by molar-refractivity contribution is -0.138. The summed E-state index contributed by atoms with van der Waals surface area (Å²) in [5.74, 6) is -1.79. The van der Waals surface area contributed by atoms with Crippen molar-refractivity contribution in [1.82, 2.24) is 5.32 Å². The molecule has 0 saturated carbocycles. The maximum atomic E-state index is 12.3. The largest absolute Gasteiger partial charge is 0.480 e. The maximum absolute atomic E-state index is 12.3. The van der Waals surface area contributed by atoms with E-state index in [4.69, 9.17) is 15.6 Å². The highest BCUT2D eigenvalue weighted by atomic mass is 33.1. The highest BCUT2D eigenvalue weighted by Gasteiger charge is 2.22. The number of nitrogens with two attached hydrogens (primary N) is 1. The standard InChI is InChI=1S/C16H21N3O6S2/c1-9(20)18-11-3-5-12(6-4-11)25-16(24)14(19-10(2)21)8-27-26-7-13(17)15(22)23/h3-6,13-14H,7-8,17H2,1-2H3,(H,18,20)(H,19,21)(H,22,23). The molecule has 1 aromatic carbocycles. The summed E-state index contributed by atoms with van der Waals surface area (Å²) in [4.78, 5) is 45.3. The predicted octanol–water partition coefficient (Wildman–Crippen LogP) is 0.848. The van der Waals surface area contributed by atoms with Crippen LogP contribution in [0.4, 0.5) is 5.69 Å². The molecule has 1 aromatic rings. The second kappa shape index (κ2) is 11.5. The van der Waals surface area contributed by atoms with Crippen molar-refractivity contribution < 1.29 is 29.0 Å². The number of carbonyl (C=O) groups excluding carboxylic acids is 3. The number of carbonyl (C=O) groups is 4. The molecule has 5 N–H and O–H groups in total. The second-order valence-corrected chi connectivity index (χ2v) is 7.95. The van der Waals surface area contributed by atoms with Gasteiger partial charge in [-0.1, -0.05) is 21.6 Å². The average molecular weight is 415 g/mol. The van der Waals surface area contributed by atoms with Crippen molar-refractivity contribution in [3.63, 3.8) is 0 Å². The van der Waals surface area contributed by atoms with Crippen molar-refractivity contribution in [1.29, 1.82) is 0 Å². The molecule has 0 spiro atoms. The number of carboxylic acids is 1. The van der Waals surface area contributed by atoms with Crippen molar-refractivity contribution in [2.24, 2.45) is 5.73 Å². The van der Waals surface area contributed by atoms with E-state index in [2.05, 4.69) is 10.6 Å². The lowest BCUT2D eigenvalue weighted by atomic mass is 10.3. The normalized spacial score (nSPS) is 12.6. The summed E-state index contributed by atoms with van der Waals surface area (Å²) in [7, 11) is 2.40. The van der Waals surface area contributed by atoms with Gasteiger partial charge in [0.05, 0.1) is 0 Å². The smallest absolute Gasteiger partial charge is 0.334 e. The first kappa shape index (κ1) is 22.8. The van der Waals surface area contributed by atoms with Gasteiger partial charge in [0.25, 0.3) is 0 Å². The molecule has 1 rings (SSSR count). The number of ether oxygens (including phenoxy) is 1. The van der Waals surface area contributed by atoms with Gasteiger partial charge in [0.2, 0.25) is 11.8 Å². The van der Waals surface area contributed by atoms with Crippen LogP contribution in [0.1, 0.15) is 13.8 Å². The molecule has 2 atom stereocenters. The first-order chi connectivity index (χ1) is 12.7. The number of benzene rings is 1. The van der Waals surface area contributed by atoms with E-state index in [1.54, 1.807) is 12.1 Å². The Labute approximate surface area is 164 Å². The van der Waals surface area contributed by atoms with Crippen molar-refractivity contribution in [2.45, 2.75) is 25.9 Å². The molecule has 2 unspecified atom stereocenters. The van der Waals surface area contributed by atoms with Crippen LogP contribution >= 0.6 is 21.6 Å². The fourth-order valence-electron chi connectivity index (χ4n) is 1.72. The topological polar surface area (TPSA) is 148 Å². The van der Waals surface area contributed by atoms with Crippen molar-refractivity contribution in [2.75, 3.05) is 16.8 Å². The first-order valence-electron chi connectivity index (χ1n) is 7.78. The molecule has 2 amide bonds. The Bertz CT molecular complexity index is 683. The summed E-state index contributed by atoms with van der Waals surface area (Å²) in [6.07, 6.45) is 0. The zero-order valence-corrected chi connectivity index (χ0v) is 16.4. The molecule has 0 aliphatic heterocycles. The molecule has 0 aliphatic rings. The second-order valence-electron chi connectivity index (χ2n) is 5.39. The van der Waals surface area contributed by atoms with Crippen molar-refractivity contribution in [3.05, 3.63) is 24.3 Å². The molecule has 0 heterocycles. The number of anilines is 1. The minimum Gasteiger partial charge on any atom is -0.480 e. The lowest BCUT2D eigenvalue weighted by Gasteiger charge is -2.16. The molecule has 0 aromatic heterocycles. The first-order valence-corrected chi connectivity index (χ1v) is 10.3. The Morgan fingerprint density at radius 3 is 2.19 bits per heavy atom. The Balaban J connectivity index is 2.59. The minimum absolute atomic E-state index is 0.159. The Morgan fingerprint density at radius 1 is 1.07 bits per heavy atom. The molecule has 0 fully saturated rings. The molecular weight excluding hydrogens is 394 g/mol. The van der Waals surface area contributed by atoms with Crippen LogP contribution in [0.2, 0.25) is 0 Å². The molecule has 0 radical (unpaired) electrons. The van der Waals surface area contributed by atoms with E-state index in [1.807, 2.05) is 0 Å². The molecule has 0 bridgehead atoms. The summed E-state index contributed by atoms with van der Waals surface area (Å²) < 4.78 is 5.25. The fourth-order valence-corrected chi connectivity index (χ4v) is 3.98. The monoisotopic (exact) mass is 415 g/mol. The molecule has 0 saturated heterocycles. The zero-order chi connectivity index (χ0) is 20.4. The fraction of sp³-hybridized carbons (Fsp3) is 0.375. The van der Waals surface area contributed by atoms with Gasteiger partial charge in [0.1, 0.15) is 17.8 Å². The molecule has 27 heavy (non-hydrogen) atoms. The maximum Gasteiger partial charge on any atom is 0.334 e. The van der Waals surface area contributed by atoms with Crippen LogP contribution in [0.15, 0.2) is 24.3 Å². The van der Waals surface area contributed by atoms with E-state index in [9.17, 15) is 19.2 Å². The SMILES string of the molecule is CC(=O)Nc1ccc(OC(=O)C(CSSCC(N)C(=O)O)NC(C)=O)cc1. The number of aliphatic carboxylic acids is 1. The Hall–Kier alpha value is -2.24. The zero-order valence-electron chi connectivity index (χ0n) is 14.8. The van der Waals surface area contributed by atoms with Gasteiger partial charge < -0.3 is 26.2 Å². The van der Waals surface area contributed by atoms with Crippen LogP contribution in [0.25, 0.3) is 0 Å². The molecule has 0 aliphatic carbocycles. The van der Waals surface area contributed by atoms with E-state index in [0.29, 0.717) is 5.69 Å². The highest BCUT2D eigenvalue weighted by molar-refractivity contribution is 8.76. The Morgan fingerprint density at radius 2 is 1.67 bits per heavy atom. The molecule has 148 valence electrons. The highest BCUT2D eigenvalue weighted by Crippen LogP contribution is 2.23. The van der Waals surface area contributed by atoms with Gasteiger partial charge in [-0.15, -0.1) is 0 Å². The summed E-state index contributed by atoms with van der Waals surface area (Å²) in [5.41, 5.74) is 5.95. The minimum atomic E-state index is -1.11. The average Bonchev–Trinajstić information content (AvgIpc) is 2.58. The third kappa shape index (κ3) is 9.31. The van der Waals surface area contributed by atoms with Gasteiger partial charge in [0.15, 0.2) is 0 Å². The van der Waals surface area contributed by atoms with Crippen molar-refractivity contribution in [3.8, 4) is 5.75 Å². The number of nitrogens with one attached hydrogen (secondary N) is 2. The summed E-state index contributed by atoms with van der Waals surface area (Å²) in [6.45, 7) is 2.66. The number of rotatable bonds is 10. The van der Waals surface area contributed by atoms with Gasteiger partial charge in [-0.2, -0.15) is 0 Å². The Kier molecular flexibility index (Phi) is 9.68. The van der Waals surface area contributed by atoms with Gasteiger partial charge in [-0.05, 0) is 24.3 Å². The van der Waals surface area contributed by atoms with E-state index in [-0.39, 0.29) is 23.2 Å². The molecular formula is C16H21N3O6S2. The predicted molar refractivity (Wildman–Crippen MR) is 105 cm³/mol. The van der Waals surface area contributed by atoms with Crippen LogP contribution in [0, 0.1) is 0 Å².